The van der Waals surface area contributed by atoms with Crippen LogP contribution >= 0.6 is 0 Å². The Morgan fingerprint density at radius 2 is 2.25 bits per heavy atom. The van der Waals surface area contributed by atoms with Gasteiger partial charge in [0.05, 0.1) is 0 Å². The van der Waals surface area contributed by atoms with E-state index in [4.69, 9.17) is 4.74 Å². The first-order chi connectivity index (χ1) is 3.84. The molecule has 0 bridgehead atoms. The zero-order chi connectivity index (χ0) is 5.98. The molecule has 1 aliphatic rings. The van der Waals surface area contributed by atoms with Crippen LogP contribution in [0, 0.1) is 5.92 Å². The zero-order valence-corrected chi connectivity index (χ0v) is 7.51. The Hall–Kier alpha value is 0.690. The maximum atomic E-state index is 5.29. The fourth-order valence-corrected chi connectivity index (χ4v) is 2.96. The second-order valence-corrected chi connectivity index (χ2v) is 5.09. The van der Waals surface area contributed by atoms with Gasteiger partial charge in [-0.2, -0.15) is 0 Å². The van der Waals surface area contributed by atoms with Crippen molar-refractivity contribution in [3.63, 3.8) is 0 Å². The minimum atomic E-state index is 0.439. The monoisotopic (exact) mass is 227 g/mol. The van der Waals surface area contributed by atoms with Crippen LogP contribution in [0.5, 0.6) is 0 Å². The summed E-state index contributed by atoms with van der Waals surface area (Å²) in [5.41, 5.74) is 0. The second kappa shape index (κ2) is 3.01. The molecule has 0 radical (unpaired) electrons. The number of ether oxygens (including phenoxy) is 1. The maximum absolute atomic E-state index is 5.29. The van der Waals surface area contributed by atoms with Crippen LogP contribution in [0.2, 0.25) is 0 Å². The first-order valence-electron chi connectivity index (χ1n) is 2.90. The summed E-state index contributed by atoms with van der Waals surface area (Å²) in [6, 6.07) is 0. The Balaban J connectivity index is 2.30. The van der Waals surface area contributed by atoms with E-state index in [2.05, 4.69) is 11.9 Å². The van der Waals surface area contributed by atoms with Crippen molar-refractivity contribution in [2.24, 2.45) is 5.92 Å². The van der Waals surface area contributed by atoms with Gasteiger partial charge in [-0.15, -0.1) is 0 Å². The molecule has 1 aliphatic heterocycles. The molecule has 2 atom stereocenters. The molecule has 8 heavy (non-hydrogen) atoms. The fraction of sp³-hybridized carbons (Fsp3) is 1.00. The molecule has 1 nitrogen and oxygen atoms in total. The molecule has 1 heterocycles. The molecule has 0 aromatic carbocycles. The molecule has 0 amide bonds. The van der Waals surface area contributed by atoms with E-state index in [9.17, 15) is 0 Å². The summed E-state index contributed by atoms with van der Waals surface area (Å²) >= 11 is 0.439. The summed E-state index contributed by atoms with van der Waals surface area (Å²) in [7, 11) is 0. The first-order valence-corrected chi connectivity index (χ1v) is 6.30. The van der Waals surface area contributed by atoms with Gasteiger partial charge in [0.2, 0.25) is 0 Å². The van der Waals surface area contributed by atoms with Gasteiger partial charge in [-0.1, -0.05) is 0 Å². The van der Waals surface area contributed by atoms with E-state index >= 15 is 0 Å². The molecule has 0 N–H and O–H groups in total. The number of rotatable bonds is 1. The summed E-state index contributed by atoms with van der Waals surface area (Å²) in [4.78, 5) is 2.34. The van der Waals surface area contributed by atoms with Crippen LogP contribution in [-0.2, 0) is 4.74 Å². The number of alkyl halides is 2. The molecule has 50 valence electrons. The minimum absolute atomic E-state index is 0.439. The van der Waals surface area contributed by atoms with E-state index in [1.165, 1.54) is 0 Å². The topological polar surface area (TPSA) is 9.23 Å². The van der Waals surface area contributed by atoms with Crippen molar-refractivity contribution in [1.82, 2.24) is 0 Å². The van der Waals surface area contributed by atoms with Crippen LogP contribution in [-0.4, -0.2) is 22.1 Å². The van der Waals surface area contributed by atoms with E-state index in [0.717, 1.165) is 23.1 Å². The number of hydrogen-bond acceptors (Lipinski definition) is 1. The van der Waals surface area contributed by atoms with Crippen LogP contribution in [0.3, 0.4) is 0 Å². The molecule has 0 aromatic heterocycles. The Labute approximate surface area is 61.1 Å². The van der Waals surface area contributed by atoms with Crippen LogP contribution < -0.4 is 21.2 Å². The van der Waals surface area contributed by atoms with Crippen molar-refractivity contribution in [2.75, 3.05) is 18.1 Å². The molecular formula is C6H12IO-. The predicted octanol–water partition coefficient (Wildman–Crippen LogP) is -2.26. The van der Waals surface area contributed by atoms with E-state index in [1.54, 1.807) is 0 Å². The SMILES string of the molecule is C[I-]C1COCC1C. The number of halogens is 1. The third kappa shape index (κ3) is 1.35. The van der Waals surface area contributed by atoms with Crippen molar-refractivity contribution in [3.8, 4) is 0 Å². The third-order valence-electron chi connectivity index (χ3n) is 1.56. The van der Waals surface area contributed by atoms with Crippen molar-refractivity contribution in [3.05, 3.63) is 0 Å². The summed E-state index contributed by atoms with van der Waals surface area (Å²) < 4.78 is 6.24. The van der Waals surface area contributed by atoms with Crippen molar-refractivity contribution >= 4 is 0 Å². The van der Waals surface area contributed by atoms with Gasteiger partial charge in [0.1, 0.15) is 0 Å². The normalized spacial score (nSPS) is 38.8. The average Bonchev–Trinajstić information content (AvgIpc) is 2.14. The quantitative estimate of drug-likeness (QED) is 0.363. The summed E-state index contributed by atoms with van der Waals surface area (Å²) in [5, 5.41) is 0. The Bertz CT molecular complexity index is 74.9. The molecular weight excluding hydrogens is 215 g/mol. The first kappa shape index (κ1) is 6.81. The van der Waals surface area contributed by atoms with Gasteiger partial charge >= 0.3 is 60.9 Å². The van der Waals surface area contributed by atoms with Gasteiger partial charge in [0.25, 0.3) is 0 Å². The molecule has 1 saturated heterocycles. The molecule has 0 spiro atoms. The standard InChI is InChI=1S/C6H12IO/c1-5-3-8-4-6(5)7-2/h5-6H,3-4H2,1-2H3/q-1. The van der Waals surface area contributed by atoms with Crippen LogP contribution in [0.25, 0.3) is 0 Å². The summed E-state index contributed by atoms with van der Waals surface area (Å²) in [6.07, 6.45) is 0. The van der Waals surface area contributed by atoms with E-state index < -0.39 is 0 Å². The van der Waals surface area contributed by atoms with E-state index in [0.29, 0.717) is 21.2 Å². The van der Waals surface area contributed by atoms with Crippen molar-refractivity contribution in [1.29, 1.82) is 0 Å². The van der Waals surface area contributed by atoms with E-state index in [1.807, 2.05) is 0 Å². The summed E-state index contributed by atoms with van der Waals surface area (Å²) in [6.45, 7) is 4.35. The molecule has 1 rings (SSSR count). The second-order valence-electron chi connectivity index (χ2n) is 2.25. The van der Waals surface area contributed by atoms with Crippen molar-refractivity contribution in [2.45, 2.75) is 10.8 Å². The fourth-order valence-electron chi connectivity index (χ4n) is 0.913. The van der Waals surface area contributed by atoms with Crippen LogP contribution in [0.1, 0.15) is 6.92 Å². The van der Waals surface area contributed by atoms with Crippen molar-refractivity contribution < 1.29 is 25.9 Å². The average molecular weight is 227 g/mol. The molecule has 0 aliphatic carbocycles. The van der Waals surface area contributed by atoms with Crippen LogP contribution in [0.4, 0.5) is 0 Å². The molecule has 2 heteroatoms. The van der Waals surface area contributed by atoms with Gasteiger partial charge < -0.3 is 0 Å². The Morgan fingerprint density at radius 1 is 1.50 bits per heavy atom. The summed E-state index contributed by atoms with van der Waals surface area (Å²) in [5.74, 6) is 0.854. The van der Waals surface area contributed by atoms with Gasteiger partial charge in [-0.3, -0.25) is 0 Å². The molecule has 0 saturated carbocycles. The van der Waals surface area contributed by atoms with E-state index in [-0.39, 0.29) is 0 Å². The van der Waals surface area contributed by atoms with Gasteiger partial charge in [-0.25, -0.2) is 0 Å². The Morgan fingerprint density at radius 3 is 2.50 bits per heavy atom. The predicted molar refractivity (Wildman–Crippen MR) is 29.7 cm³/mol. The Kier molecular flexibility index (Phi) is 2.56. The molecule has 1 fully saturated rings. The zero-order valence-electron chi connectivity index (χ0n) is 5.36. The van der Waals surface area contributed by atoms with Gasteiger partial charge in [0, 0.05) is 0 Å². The van der Waals surface area contributed by atoms with Gasteiger partial charge in [0.15, 0.2) is 0 Å². The van der Waals surface area contributed by atoms with Gasteiger partial charge in [-0.05, 0) is 0 Å². The van der Waals surface area contributed by atoms with Crippen LogP contribution in [0.15, 0.2) is 0 Å². The molecule has 0 aromatic rings. The number of hydrogen-bond donors (Lipinski definition) is 0. The molecule has 2 unspecified atom stereocenters. The third-order valence-corrected chi connectivity index (χ3v) is 4.74.